The summed E-state index contributed by atoms with van der Waals surface area (Å²) in [4.78, 5) is 55.1. The number of hydrogen-bond acceptors (Lipinski definition) is 3. The van der Waals surface area contributed by atoms with Gasteiger partial charge in [-0.1, -0.05) is 30.3 Å². The Morgan fingerprint density at radius 3 is 1.40 bits per heavy atom. The van der Waals surface area contributed by atoms with E-state index in [9.17, 15) is 43.1 Å². The molecule has 114 valence electrons. The molecule has 0 aromatic heterocycles. The van der Waals surface area contributed by atoms with Crippen molar-refractivity contribution in [1.82, 2.24) is 0 Å². The third kappa shape index (κ3) is 3.12. The normalized spacial score (nSPS) is 14.3. The highest BCUT2D eigenvalue weighted by molar-refractivity contribution is 7.88. The van der Waals surface area contributed by atoms with Gasteiger partial charge in [-0.3, -0.25) is 13.7 Å². The van der Waals surface area contributed by atoms with Gasteiger partial charge in [0.25, 0.3) is 4.64 Å². The third-order valence-electron chi connectivity index (χ3n) is 2.68. The van der Waals surface area contributed by atoms with Gasteiger partial charge in [0, 0.05) is 6.42 Å². The van der Waals surface area contributed by atoms with Crippen molar-refractivity contribution in [2.24, 2.45) is 0 Å². The summed E-state index contributed by atoms with van der Waals surface area (Å²) in [5.74, 6) is 0. The molecule has 0 aliphatic heterocycles. The summed E-state index contributed by atoms with van der Waals surface area (Å²) in [6.45, 7) is 0. The fourth-order valence-electron chi connectivity index (χ4n) is 1.69. The molecule has 1 aromatic carbocycles. The van der Waals surface area contributed by atoms with Gasteiger partial charge in [0.15, 0.2) is 0 Å². The summed E-state index contributed by atoms with van der Waals surface area (Å²) in [7, 11) is -17.5. The first-order valence-electron chi connectivity index (χ1n) is 5.04. The zero-order chi connectivity index (χ0) is 15.8. The van der Waals surface area contributed by atoms with Gasteiger partial charge in [-0.15, -0.1) is 0 Å². The smallest absolute Gasteiger partial charge is 0.323 e. The van der Waals surface area contributed by atoms with E-state index in [1.54, 1.807) is 0 Å². The van der Waals surface area contributed by atoms with Gasteiger partial charge in [0.1, 0.15) is 0 Å². The molecule has 12 heteroatoms. The molecule has 0 heterocycles. The van der Waals surface area contributed by atoms with Crippen LogP contribution in [0.15, 0.2) is 30.3 Å². The van der Waals surface area contributed by atoms with Crippen molar-refractivity contribution in [2.75, 3.05) is 0 Å². The van der Waals surface area contributed by atoms with Gasteiger partial charge in [-0.05, 0) is 5.56 Å². The topological polar surface area (TPSA) is 173 Å². The van der Waals surface area contributed by atoms with E-state index in [-0.39, 0.29) is 5.56 Å². The number of rotatable bonds is 5. The molecule has 6 N–H and O–H groups in total. The summed E-state index contributed by atoms with van der Waals surface area (Å²) >= 11 is 0. The second-order valence-corrected chi connectivity index (χ2v) is 10.7. The van der Waals surface area contributed by atoms with Crippen LogP contribution in [0, 0.1) is 0 Å². The lowest BCUT2D eigenvalue weighted by Crippen LogP contribution is -2.31. The van der Waals surface area contributed by atoms with E-state index in [2.05, 4.69) is 0 Å². The van der Waals surface area contributed by atoms with Crippen LogP contribution in [-0.4, -0.2) is 34.0 Å². The van der Waals surface area contributed by atoms with Crippen LogP contribution in [-0.2, 0) is 20.1 Å². The van der Waals surface area contributed by atoms with Crippen molar-refractivity contribution in [3.63, 3.8) is 0 Å². The van der Waals surface area contributed by atoms with Crippen molar-refractivity contribution >= 4 is 22.8 Å². The number of benzene rings is 1. The molecule has 0 fully saturated rings. The molecule has 1 aromatic rings. The lowest BCUT2D eigenvalue weighted by molar-refractivity contribution is 0.299. The molecule has 0 radical (unpaired) electrons. The zero-order valence-electron chi connectivity index (χ0n) is 9.84. The minimum absolute atomic E-state index is 0.0255. The molecule has 0 aliphatic carbocycles. The highest BCUT2D eigenvalue weighted by Crippen LogP contribution is 2.83. The Kier molecular flexibility index (Phi) is 4.84. The van der Waals surface area contributed by atoms with E-state index in [1.165, 1.54) is 30.3 Å². The fourth-order valence-corrected chi connectivity index (χ4v) is 6.93. The van der Waals surface area contributed by atoms with Crippen LogP contribution < -0.4 is 0 Å². The van der Waals surface area contributed by atoms with Gasteiger partial charge in [0.05, 0.1) is 0 Å². The second-order valence-electron chi connectivity index (χ2n) is 4.07. The Labute approximate surface area is 113 Å². The van der Waals surface area contributed by atoms with E-state index < -0.39 is 33.8 Å². The first-order chi connectivity index (χ1) is 8.83. The lowest BCUT2D eigenvalue weighted by Gasteiger charge is -2.34. The largest absolute Gasteiger partial charge is 0.356 e. The van der Waals surface area contributed by atoms with Gasteiger partial charge in [0.2, 0.25) is 0 Å². The van der Waals surface area contributed by atoms with Crippen LogP contribution in [0.1, 0.15) is 5.56 Å². The van der Waals surface area contributed by atoms with Crippen LogP contribution in [0.2, 0.25) is 0 Å². The van der Waals surface area contributed by atoms with Crippen LogP contribution >= 0.6 is 22.8 Å². The molecule has 0 unspecified atom stereocenters. The zero-order valence-corrected chi connectivity index (χ0v) is 12.5. The predicted octanol–water partition coefficient (Wildman–Crippen LogP) is 0.416. The molecule has 0 saturated carbocycles. The third-order valence-corrected chi connectivity index (χ3v) is 10.6. The molecule has 0 aliphatic rings. The van der Waals surface area contributed by atoms with Crippen molar-refractivity contribution in [3.05, 3.63) is 35.9 Å². The monoisotopic (exact) mass is 346 g/mol. The van der Waals surface area contributed by atoms with E-state index in [1.807, 2.05) is 0 Å². The first-order valence-corrected chi connectivity index (χ1v) is 9.87. The molecule has 0 amide bonds. The minimum atomic E-state index is -5.84. The summed E-state index contributed by atoms with van der Waals surface area (Å²) in [5, 5.41) is 0. The Hall–Kier alpha value is -0.330. The average Bonchev–Trinajstić information content (AvgIpc) is 2.22. The quantitative estimate of drug-likeness (QED) is 0.413. The maximum absolute atomic E-state index is 11.5. The molecule has 0 bridgehead atoms. The second kappa shape index (κ2) is 5.46. The van der Waals surface area contributed by atoms with Gasteiger partial charge in [-0.25, -0.2) is 0 Å². The summed E-state index contributed by atoms with van der Waals surface area (Å²) in [6.07, 6.45) is -1.16. The van der Waals surface area contributed by atoms with Crippen LogP contribution in [0.5, 0.6) is 0 Å². The summed E-state index contributed by atoms with van der Waals surface area (Å²) in [5.41, 5.74) is -0.0255. The van der Waals surface area contributed by atoms with Crippen LogP contribution in [0.3, 0.4) is 0 Å². The highest BCUT2D eigenvalue weighted by Gasteiger charge is 2.71. The molecule has 20 heavy (non-hydrogen) atoms. The molecule has 9 nitrogen and oxygen atoms in total. The maximum atomic E-state index is 11.5. The van der Waals surface area contributed by atoms with Gasteiger partial charge in [-0.2, -0.15) is 0 Å². The SMILES string of the molecule is O=P(O)(O)C(Cc1ccccc1)(P(=O)(O)O)P(=O)(O)O. The molecule has 0 saturated heterocycles. The Morgan fingerprint density at radius 1 is 0.750 bits per heavy atom. The summed E-state index contributed by atoms with van der Waals surface area (Å²) in [6, 6.07) is 6.82. The highest BCUT2D eigenvalue weighted by atomic mass is 31.3. The van der Waals surface area contributed by atoms with Crippen molar-refractivity contribution < 1.29 is 43.1 Å². The fraction of sp³-hybridized carbons (Fsp3) is 0.250. The first kappa shape index (κ1) is 17.7. The van der Waals surface area contributed by atoms with E-state index in [4.69, 9.17) is 0 Å². The molecular weight excluding hydrogens is 333 g/mol. The minimum Gasteiger partial charge on any atom is -0.323 e. The van der Waals surface area contributed by atoms with Gasteiger partial charge >= 0.3 is 22.8 Å². The number of hydrogen-bond donors (Lipinski definition) is 6. The van der Waals surface area contributed by atoms with E-state index in [0.717, 1.165) is 0 Å². The molecule has 1 rings (SSSR count). The van der Waals surface area contributed by atoms with Crippen LogP contribution in [0.25, 0.3) is 0 Å². The van der Waals surface area contributed by atoms with Gasteiger partial charge < -0.3 is 29.4 Å². The Morgan fingerprint density at radius 2 is 1.10 bits per heavy atom. The predicted molar refractivity (Wildman–Crippen MR) is 69.0 cm³/mol. The Balaban J connectivity index is 3.61. The lowest BCUT2D eigenvalue weighted by atomic mass is 10.2. The summed E-state index contributed by atoms with van der Waals surface area (Å²) < 4.78 is 30.6. The Bertz CT molecular complexity index is 554. The molecule has 0 atom stereocenters. The van der Waals surface area contributed by atoms with E-state index >= 15 is 0 Å². The average molecular weight is 346 g/mol. The van der Waals surface area contributed by atoms with Crippen molar-refractivity contribution in [3.8, 4) is 0 Å². The van der Waals surface area contributed by atoms with Crippen molar-refractivity contribution in [1.29, 1.82) is 0 Å². The molecular formula is C8H13O9P3. The maximum Gasteiger partial charge on any atom is 0.356 e. The van der Waals surface area contributed by atoms with E-state index in [0.29, 0.717) is 0 Å². The molecule has 0 spiro atoms. The van der Waals surface area contributed by atoms with Crippen LogP contribution in [0.4, 0.5) is 0 Å². The van der Waals surface area contributed by atoms with Crippen molar-refractivity contribution in [2.45, 2.75) is 11.1 Å². The standard InChI is InChI=1S/C8H13O9P3/c9-18(10,11)8(19(12,13)14,20(15,16)17)6-7-4-2-1-3-5-7/h1-5H,6H2,(H2,9,10,11)(H2,12,13,14)(H2,15,16,17).